The minimum atomic E-state index is -0.626. The number of benzene rings is 2. The molecule has 0 spiro atoms. The fraction of sp³-hybridized carbons (Fsp3) is 0.300. The lowest BCUT2D eigenvalue weighted by atomic mass is 10.0. The van der Waals surface area contributed by atoms with E-state index in [2.05, 4.69) is 10.5 Å². The van der Waals surface area contributed by atoms with Gasteiger partial charge in [-0.25, -0.2) is 23.6 Å². The molecule has 27 heavy (non-hydrogen) atoms. The number of amides is 2. The van der Waals surface area contributed by atoms with Gasteiger partial charge in [0.1, 0.15) is 11.6 Å². The minimum Gasteiger partial charge on any atom is -0.244 e. The molecule has 0 unspecified atom stereocenters. The van der Waals surface area contributed by atoms with E-state index in [0.717, 1.165) is 6.07 Å². The van der Waals surface area contributed by atoms with Crippen LogP contribution in [0.15, 0.2) is 47.6 Å². The molecule has 7 heteroatoms. The van der Waals surface area contributed by atoms with Gasteiger partial charge in [-0.3, -0.25) is 0 Å². The third-order valence-electron chi connectivity index (χ3n) is 4.11. The maximum absolute atomic E-state index is 13.4. The molecule has 0 aliphatic carbocycles. The molecule has 0 saturated carbocycles. The molecule has 0 N–H and O–H groups in total. The zero-order valence-electron chi connectivity index (χ0n) is 15.6. The molecule has 3 rings (SSSR count). The summed E-state index contributed by atoms with van der Waals surface area (Å²) in [5.74, 6) is -0.840. The highest BCUT2D eigenvalue weighted by molar-refractivity contribution is 6.01. The van der Waals surface area contributed by atoms with Crippen LogP contribution in [0.2, 0.25) is 0 Å². The van der Waals surface area contributed by atoms with Crippen molar-refractivity contribution in [3.8, 4) is 11.1 Å². The van der Waals surface area contributed by atoms with E-state index in [1.165, 1.54) is 22.2 Å². The van der Waals surface area contributed by atoms with E-state index in [-0.39, 0.29) is 18.1 Å². The van der Waals surface area contributed by atoms with E-state index in [1.54, 1.807) is 24.3 Å². The van der Waals surface area contributed by atoms with Crippen LogP contribution in [-0.4, -0.2) is 34.0 Å². The van der Waals surface area contributed by atoms with Crippen LogP contribution >= 0.6 is 0 Å². The number of urea groups is 1. The van der Waals surface area contributed by atoms with Gasteiger partial charge in [0.2, 0.25) is 0 Å². The molecule has 0 fully saturated rings. The summed E-state index contributed by atoms with van der Waals surface area (Å²) < 4.78 is 26.9. The van der Waals surface area contributed by atoms with Gasteiger partial charge >= 0.3 is 6.03 Å². The number of halogens is 2. The number of carbonyl (C=O) groups is 1. The molecule has 2 aromatic carbocycles. The van der Waals surface area contributed by atoms with E-state index in [0.29, 0.717) is 22.5 Å². The van der Waals surface area contributed by atoms with Crippen LogP contribution in [0, 0.1) is 11.6 Å². The maximum Gasteiger partial charge on any atom is 0.361 e. The second kappa shape index (κ2) is 7.34. The molecule has 1 aliphatic heterocycles. The van der Waals surface area contributed by atoms with Crippen molar-refractivity contribution in [2.24, 2.45) is 5.10 Å². The van der Waals surface area contributed by atoms with Gasteiger partial charge in [-0.15, -0.1) is 10.5 Å². The first-order valence-electron chi connectivity index (χ1n) is 8.76. The summed E-state index contributed by atoms with van der Waals surface area (Å²) in [6, 6.07) is 9.94. The molecule has 0 atom stereocenters. The van der Waals surface area contributed by atoms with Crippen molar-refractivity contribution in [2.45, 2.75) is 39.8 Å². The average molecular weight is 371 g/mol. The normalized spacial score (nSPS) is 14.7. The van der Waals surface area contributed by atoms with Crippen molar-refractivity contribution in [1.29, 1.82) is 0 Å². The second-order valence-electron chi connectivity index (χ2n) is 6.92. The van der Waals surface area contributed by atoms with Gasteiger partial charge in [-0.2, -0.15) is 0 Å². The number of nitrogens with zero attached hydrogens (tertiary/aromatic N) is 4. The lowest BCUT2D eigenvalue weighted by Crippen LogP contribution is -2.56. The Kier molecular flexibility index (Phi) is 5.12. The van der Waals surface area contributed by atoms with Crippen LogP contribution in [-0.2, 0) is 0 Å². The Morgan fingerprint density at radius 2 is 1.30 bits per heavy atom. The molecule has 0 aromatic heterocycles. The predicted molar refractivity (Wildman–Crippen MR) is 99.8 cm³/mol. The van der Waals surface area contributed by atoms with Gasteiger partial charge in [-0.05, 0) is 51.0 Å². The van der Waals surface area contributed by atoms with Crippen molar-refractivity contribution in [3.05, 3.63) is 59.7 Å². The van der Waals surface area contributed by atoms with Gasteiger partial charge in [0.15, 0.2) is 5.84 Å². The summed E-state index contributed by atoms with van der Waals surface area (Å²) >= 11 is 0. The highest BCUT2D eigenvalue weighted by atomic mass is 19.1. The maximum atomic E-state index is 13.4. The summed E-state index contributed by atoms with van der Waals surface area (Å²) in [6.45, 7) is 7.52. The zero-order valence-corrected chi connectivity index (χ0v) is 15.6. The summed E-state index contributed by atoms with van der Waals surface area (Å²) in [5, 5.41) is 7.17. The summed E-state index contributed by atoms with van der Waals surface area (Å²) in [4.78, 5) is 12.5. The van der Waals surface area contributed by atoms with Crippen LogP contribution in [0.5, 0.6) is 0 Å². The van der Waals surface area contributed by atoms with Gasteiger partial charge in [0.25, 0.3) is 0 Å². The third kappa shape index (κ3) is 3.92. The fourth-order valence-corrected chi connectivity index (χ4v) is 2.74. The Morgan fingerprint density at radius 3 is 1.81 bits per heavy atom. The lowest BCUT2D eigenvalue weighted by molar-refractivity contribution is 0.104. The summed E-state index contributed by atoms with van der Waals surface area (Å²) in [7, 11) is 0. The Bertz CT molecular complexity index is 858. The highest BCUT2D eigenvalue weighted by Crippen LogP contribution is 2.23. The van der Waals surface area contributed by atoms with Gasteiger partial charge < -0.3 is 0 Å². The molecular formula is C20H21F2N4O. The van der Waals surface area contributed by atoms with Crippen LogP contribution in [0.25, 0.3) is 11.1 Å². The smallest absolute Gasteiger partial charge is 0.244 e. The van der Waals surface area contributed by atoms with E-state index >= 15 is 0 Å². The molecule has 0 bridgehead atoms. The monoisotopic (exact) mass is 371 g/mol. The zero-order chi connectivity index (χ0) is 19.7. The molecule has 1 radical (unpaired) electrons. The molecular weight excluding hydrogens is 350 g/mol. The Labute approximate surface area is 157 Å². The first-order valence-corrected chi connectivity index (χ1v) is 8.76. The SMILES string of the molecule is CC(C)N1[N]C(c2ccc(-c3cc(F)cc(F)c3)cc2)=NN(C(C)C)C1=O. The number of hydrazone groups is 1. The highest BCUT2D eigenvalue weighted by Gasteiger charge is 2.33. The van der Waals surface area contributed by atoms with E-state index in [1.807, 2.05) is 27.7 Å². The predicted octanol–water partition coefficient (Wildman–Crippen LogP) is 4.37. The van der Waals surface area contributed by atoms with Crippen molar-refractivity contribution in [2.75, 3.05) is 0 Å². The lowest BCUT2D eigenvalue weighted by Gasteiger charge is -2.35. The molecule has 2 amide bonds. The number of amidine groups is 1. The molecule has 2 aromatic rings. The molecule has 1 heterocycles. The number of carbonyl (C=O) groups excluding carboxylic acids is 1. The second-order valence-corrected chi connectivity index (χ2v) is 6.92. The van der Waals surface area contributed by atoms with Gasteiger partial charge in [0, 0.05) is 11.6 Å². The van der Waals surface area contributed by atoms with Crippen molar-refractivity contribution < 1.29 is 13.6 Å². The molecule has 141 valence electrons. The van der Waals surface area contributed by atoms with Crippen LogP contribution in [0.1, 0.15) is 33.3 Å². The Morgan fingerprint density at radius 1 is 0.778 bits per heavy atom. The van der Waals surface area contributed by atoms with E-state index in [9.17, 15) is 13.6 Å². The summed E-state index contributed by atoms with van der Waals surface area (Å²) in [5.41, 5.74) is 6.20. The largest absolute Gasteiger partial charge is 0.361 e. The number of rotatable bonds is 4. The van der Waals surface area contributed by atoms with Crippen LogP contribution < -0.4 is 5.43 Å². The Balaban J connectivity index is 1.93. The van der Waals surface area contributed by atoms with Crippen molar-refractivity contribution >= 4 is 11.9 Å². The summed E-state index contributed by atoms with van der Waals surface area (Å²) in [6.07, 6.45) is 0. The van der Waals surface area contributed by atoms with Crippen molar-refractivity contribution in [1.82, 2.24) is 15.4 Å². The van der Waals surface area contributed by atoms with Crippen LogP contribution in [0.4, 0.5) is 13.6 Å². The first-order chi connectivity index (χ1) is 12.8. The quantitative estimate of drug-likeness (QED) is 0.787. The molecule has 5 nitrogen and oxygen atoms in total. The topological polar surface area (TPSA) is 50.0 Å². The number of hydrogen-bond donors (Lipinski definition) is 0. The molecule has 1 aliphatic rings. The van der Waals surface area contributed by atoms with E-state index in [4.69, 9.17) is 0 Å². The average Bonchev–Trinajstić information content (AvgIpc) is 2.60. The van der Waals surface area contributed by atoms with Crippen LogP contribution in [0.3, 0.4) is 0 Å². The number of hydrogen-bond acceptors (Lipinski definition) is 2. The van der Waals surface area contributed by atoms with Gasteiger partial charge in [0.05, 0.1) is 12.1 Å². The fourth-order valence-electron chi connectivity index (χ4n) is 2.74. The third-order valence-corrected chi connectivity index (χ3v) is 4.11. The van der Waals surface area contributed by atoms with E-state index < -0.39 is 11.6 Å². The van der Waals surface area contributed by atoms with Crippen molar-refractivity contribution in [3.63, 3.8) is 0 Å². The molecule has 0 saturated heterocycles. The van der Waals surface area contributed by atoms with Gasteiger partial charge in [-0.1, -0.05) is 24.3 Å². The standard InChI is InChI=1S/C20H21F2N4O/c1-12(2)25-20(27)26(13(3)4)24-19(23-25)15-7-5-14(6-8-15)16-9-17(21)11-18(22)10-16/h5-13H,1-4H3. The minimum absolute atomic E-state index is 0.112. The Hall–Kier alpha value is -2.96. The first kappa shape index (κ1) is 18.8.